The quantitative estimate of drug-likeness (QED) is 0.752. The fourth-order valence-electron chi connectivity index (χ4n) is 2.20. The van der Waals surface area contributed by atoms with E-state index in [1.807, 2.05) is 42.5 Å². The van der Waals surface area contributed by atoms with Gasteiger partial charge in [0.15, 0.2) is 0 Å². The highest BCUT2D eigenvalue weighted by Gasteiger charge is 2.18. The number of nitrogens with one attached hydrogen (secondary N) is 1. The molecule has 1 N–H and O–H groups in total. The molecule has 7 heteroatoms. The van der Waals surface area contributed by atoms with Crippen molar-refractivity contribution in [1.82, 2.24) is 14.9 Å². The van der Waals surface area contributed by atoms with Gasteiger partial charge < -0.3 is 10.1 Å². The van der Waals surface area contributed by atoms with Gasteiger partial charge in [-0.25, -0.2) is 0 Å². The summed E-state index contributed by atoms with van der Waals surface area (Å²) in [6.07, 6.45) is 0. The molecule has 0 fully saturated rings. The molecule has 0 aliphatic heterocycles. The average Bonchev–Trinajstić information content (AvgIpc) is 3.11. The van der Waals surface area contributed by atoms with Gasteiger partial charge in [-0.2, -0.15) is 0 Å². The van der Waals surface area contributed by atoms with Crippen molar-refractivity contribution in [2.45, 2.75) is 6.54 Å². The van der Waals surface area contributed by atoms with Crippen molar-refractivity contribution in [2.24, 2.45) is 0 Å². The molecule has 0 radical (unpaired) electrons. The first-order valence-electron chi connectivity index (χ1n) is 7.17. The minimum Gasteiger partial charge on any atom is -0.497 e. The van der Waals surface area contributed by atoms with E-state index in [9.17, 15) is 4.79 Å². The summed E-state index contributed by atoms with van der Waals surface area (Å²) < 4.78 is 9.12. The van der Waals surface area contributed by atoms with Gasteiger partial charge in [0.05, 0.1) is 7.11 Å². The molecule has 3 aromatic rings. The number of benzene rings is 2. The van der Waals surface area contributed by atoms with Crippen LogP contribution in [0.15, 0.2) is 48.5 Å². The highest BCUT2D eigenvalue weighted by Crippen LogP contribution is 2.27. The number of carbonyl (C=O) groups is 1. The summed E-state index contributed by atoms with van der Waals surface area (Å²) in [5.41, 5.74) is 2.18. The number of nitrogens with zero attached hydrogens (tertiary/aromatic N) is 2. The van der Waals surface area contributed by atoms with Crippen LogP contribution in [0.25, 0.3) is 11.3 Å². The number of amides is 1. The number of hydrogen-bond acceptors (Lipinski definition) is 5. The van der Waals surface area contributed by atoms with Crippen molar-refractivity contribution in [2.75, 3.05) is 7.11 Å². The van der Waals surface area contributed by atoms with E-state index in [2.05, 4.69) is 14.9 Å². The molecular weight excluding hydrogens is 346 g/mol. The maximum absolute atomic E-state index is 12.5. The molecule has 1 amide bonds. The normalized spacial score (nSPS) is 10.4. The second-order valence-electron chi connectivity index (χ2n) is 4.96. The minimum absolute atomic E-state index is 0.234. The van der Waals surface area contributed by atoms with Crippen molar-refractivity contribution in [3.8, 4) is 17.0 Å². The van der Waals surface area contributed by atoms with Gasteiger partial charge in [-0.05, 0) is 35.3 Å². The molecule has 24 heavy (non-hydrogen) atoms. The minimum atomic E-state index is -0.234. The first-order valence-corrected chi connectivity index (χ1v) is 8.32. The average molecular weight is 360 g/mol. The fraction of sp³-hybridized carbons (Fsp3) is 0.118. The lowest BCUT2D eigenvalue weighted by atomic mass is 10.1. The number of aromatic nitrogens is 2. The zero-order chi connectivity index (χ0) is 16.9. The fourth-order valence-corrected chi connectivity index (χ4v) is 3.00. The molecule has 122 valence electrons. The van der Waals surface area contributed by atoms with Crippen LogP contribution in [0.4, 0.5) is 0 Å². The molecule has 1 heterocycles. The second kappa shape index (κ2) is 7.42. The standard InChI is InChI=1S/C17H14ClN3O2S/c1-23-13-7-4-6-11(9-13)15-16(24-21-20-15)17(22)19-10-12-5-2-3-8-14(12)18/h2-9H,10H2,1H3,(H,19,22). The zero-order valence-corrected chi connectivity index (χ0v) is 14.4. The van der Waals surface area contributed by atoms with Crippen LogP contribution in [0.5, 0.6) is 5.75 Å². The summed E-state index contributed by atoms with van der Waals surface area (Å²) in [5.74, 6) is 0.464. The summed E-state index contributed by atoms with van der Waals surface area (Å²) >= 11 is 7.16. The second-order valence-corrected chi connectivity index (χ2v) is 6.12. The Hall–Kier alpha value is -2.44. The molecule has 2 aromatic carbocycles. The van der Waals surface area contributed by atoms with Crippen molar-refractivity contribution in [1.29, 1.82) is 0 Å². The topological polar surface area (TPSA) is 64.1 Å². The maximum Gasteiger partial charge on any atom is 0.265 e. The molecule has 5 nitrogen and oxygen atoms in total. The molecule has 0 atom stereocenters. The van der Waals surface area contributed by atoms with E-state index in [1.165, 1.54) is 0 Å². The number of hydrogen-bond donors (Lipinski definition) is 1. The Kier molecular flexibility index (Phi) is 5.08. The number of carbonyl (C=O) groups excluding carboxylic acids is 1. The lowest BCUT2D eigenvalue weighted by Crippen LogP contribution is -2.22. The van der Waals surface area contributed by atoms with Gasteiger partial charge in [0.2, 0.25) is 0 Å². The van der Waals surface area contributed by atoms with Gasteiger partial charge in [-0.1, -0.05) is 46.4 Å². The third kappa shape index (κ3) is 3.55. The van der Waals surface area contributed by atoms with E-state index >= 15 is 0 Å². The third-order valence-electron chi connectivity index (χ3n) is 3.43. The van der Waals surface area contributed by atoms with Gasteiger partial charge in [0, 0.05) is 17.1 Å². The van der Waals surface area contributed by atoms with Gasteiger partial charge in [-0.15, -0.1) is 5.10 Å². The van der Waals surface area contributed by atoms with Gasteiger partial charge >= 0.3 is 0 Å². The lowest BCUT2D eigenvalue weighted by Gasteiger charge is -2.07. The van der Waals surface area contributed by atoms with Crippen LogP contribution in [-0.4, -0.2) is 22.6 Å². The highest BCUT2D eigenvalue weighted by molar-refractivity contribution is 7.08. The smallest absolute Gasteiger partial charge is 0.265 e. The Balaban J connectivity index is 1.79. The molecule has 0 aliphatic rings. The van der Waals surface area contributed by atoms with E-state index in [4.69, 9.17) is 16.3 Å². The molecule has 1 aromatic heterocycles. The van der Waals surface area contributed by atoms with Crippen LogP contribution in [0.3, 0.4) is 0 Å². The molecular formula is C17H14ClN3O2S. The first-order chi connectivity index (χ1) is 11.7. The molecule has 0 bridgehead atoms. The molecule has 0 unspecified atom stereocenters. The Labute approximate surface area is 148 Å². The van der Waals surface area contributed by atoms with Crippen molar-refractivity contribution in [3.63, 3.8) is 0 Å². The number of halogens is 1. The van der Waals surface area contributed by atoms with Crippen molar-refractivity contribution >= 4 is 29.0 Å². The van der Waals surface area contributed by atoms with Crippen LogP contribution in [0.1, 0.15) is 15.2 Å². The van der Waals surface area contributed by atoms with Crippen LogP contribution in [0, 0.1) is 0 Å². The van der Waals surface area contributed by atoms with E-state index < -0.39 is 0 Å². The molecule has 0 saturated heterocycles. The van der Waals surface area contributed by atoms with Gasteiger partial charge in [-0.3, -0.25) is 4.79 Å². The Morgan fingerprint density at radius 1 is 1.25 bits per heavy atom. The Morgan fingerprint density at radius 3 is 2.88 bits per heavy atom. The largest absolute Gasteiger partial charge is 0.497 e. The predicted molar refractivity (Wildman–Crippen MR) is 94.5 cm³/mol. The molecule has 0 saturated carbocycles. The van der Waals surface area contributed by atoms with Crippen molar-refractivity contribution < 1.29 is 9.53 Å². The summed E-state index contributed by atoms with van der Waals surface area (Å²) in [5, 5.41) is 7.56. The van der Waals surface area contributed by atoms with Crippen LogP contribution in [-0.2, 0) is 6.54 Å². The Bertz CT molecular complexity index is 866. The van der Waals surface area contributed by atoms with E-state index in [0.717, 1.165) is 22.7 Å². The maximum atomic E-state index is 12.5. The van der Waals surface area contributed by atoms with E-state index in [0.29, 0.717) is 27.9 Å². The first kappa shape index (κ1) is 16.4. The summed E-state index contributed by atoms with van der Waals surface area (Å²) in [7, 11) is 1.59. The number of methoxy groups -OCH3 is 1. The van der Waals surface area contributed by atoms with E-state index in [1.54, 1.807) is 13.2 Å². The SMILES string of the molecule is COc1cccc(-c2nnsc2C(=O)NCc2ccccc2Cl)c1. The Morgan fingerprint density at radius 2 is 2.08 bits per heavy atom. The summed E-state index contributed by atoms with van der Waals surface area (Å²) in [6, 6.07) is 14.8. The lowest BCUT2D eigenvalue weighted by molar-refractivity contribution is 0.0955. The van der Waals surface area contributed by atoms with Crippen LogP contribution >= 0.6 is 23.1 Å². The molecule has 3 rings (SSSR count). The summed E-state index contributed by atoms with van der Waals surface area (Å²) in [4.78, 5) is 12.9. The van der Waals surface area contributed by atoms with Gasteiger partial charge in [0.1, 0.15) is 16.3 Å². The third-order valence-corrected chi connectivity index (χ3v) is 4.53. The number of ether oxygens (including phenoxy) is 1. The predicted octanol–water partition coefficient (Wildman–Crippen LogP) is 3.80. The molecule has 0 spiro atoms. The zero-order valence-electron chi connectivity index (χ0n) is 12.8. The van der Waals surface area contributed by atoms with Crippen LogP contribution < -0.4 is 10.1 Å². The molecule has 0 aliphatic carbocycles. The van der Waals surface area contributed by atoms with Crippen molar-refractivity contribution in [3.05, 3.63) is 64.0 Å². The highest BCUT2D eigenvalue weighted by atomic mass is 35.5. The van der Waals surface area contributed by atoms with Gasteiger partial charge in [0.25, 0.3) is 5.91 Å². The van der Waals surface area contributed by atoms with Crippen LogP contribution in [0.2, 0.25) is 5.02 Å². The number of rotatable bonds is 5. The van der Waals surface area contributed by atoms with E-state index in [-0.39, 0.29) is 5.91 Å². The summed E-state index contributed by atoms with van der Waals surface area (Å²) in [6.45, 7) is 0.341. The monoisotopic (exact) mass is 359 g/mol.